The molecule has 0 unspecified atom stereocenters. The Morgan fingerprint density at radius 2 is 2.15 bits per heavy atom. The average Bonchev–Trinajstić information content (AvgIpc) is 2.02. The summed E-state index contributed by atoms with van der Waals surface area (Å²) >= 11 is 0. The molecule has 0 aliphatic carbocycles. The standard InChI is InChI=1S/C9H21N3O/c1-4-11-8(10)12-7-9(2,3)5-6-13/h13H,4-7H2,1-3H3,(H3,10,11,12). The third-order valence-electron chi connectivity index (χ3n) is 1.82. The van der Waals surface area contributed by atoms with E-state index in [-0.39, 0.29) is 12.0 Å². The van der Waals surface area contributed by atoms with E-state index in [1.54, 1.807) is 0 Å². The van der Waals surface area contributed by atoms with Gasteiger partial charge < -0.3 is 16.2 Å². The van der Waals surface area contributed by atoms with Crippen molar-refractivity contribution in [3.8, 4) is 0 Å². The molecule has 13 heavy (non-hydrogen) atoms. The van der Waals surface area contributed by atoms with Gasteiger partial charge >= 0.3 is 0 Å². The lowest BCUT2D eigenvalue weighted by atomic mass is 9.90. The first-order valence-corrected chi connectivity index (χ1v) is 4.66. The van der Waals surface area contributed by atoms with Crippen molar-refractivity contribution in [2.45, 2.75) is 27.2 Å². The van der Waals surface area contributed by atoms with Crippen LogP contribution in [-0.2, 0) is 0 Å². The molecule has 0 amide bonds. The van der Waals surface area contributed by atoms with Gasteiger partial charge in [0.2, 0.25) is 0 Å². The number of nitrogens with two attached hydrogens (primary N) is 1. The van der Waals surface area contributed by atoms with Crippen molar-refractivity contribution in [2.75, 3.05) is 19.7 Å². The summed E-state index contributed by atoms with van der Waals surface area (Å²) in [7, 11) is 0. The highest BCUT2D eigenvalue weighted by molar-refractivity contribution is 5.77. The molecule has 0 aliphatic rings. The lowest BCUT2D eigenvalue weighted by Crippen LogP contribution is -2.32. The molecule has 0 saturated carbocycles. The van der Waals surface area contributed by atoms with Crippen LogP contribution < -0.4 is 11.1 Å². The maximum Gasteiger partial charge on any atom is 0.188 e. The molecule has 0 aromatic rings. The molecule has 4 nitrogen and oxygen atoms in total. The molecule has 0 aromatic heterocycles. The molecule has 0 radical (unpaired) electrons. The zero-order valence-electron chi connectivity index (χ0n) is 8.80. The van der Waals surface area contributed by atoms with Crippen LogP contribution in [-0.4, -0.2) is 30.8 Å². The summed E-state index contributed by atoms with van der Waals surface area (Å²) in [6, 6.07) is 0. The molecule has 4 N–H and O–H groups in total. The van der Waals surface area contributed by atoms with Crippen LogP contribution in [0.3, 0.4) is 0 Å². The Balaban J connectivity index is 3.90. The van der Waals surface area contributed by atoms with Crippen LogP contribution in [0.2, 0.25) is 0 Å². The predicted molar refractivity (Wildman–Crippen MR) is 55.6 cm³/mol. The number of rotatable bonds is 5. The Bertz CT molecular complexity index is 166. The van der Waals surface area contributed by atoms with E-state index in [0.717, 1.165) is 13.0 Å². The highest BCUT2D eigenvalue weighted by atomic mass is 16.3. The van der Waals surface area contributed by atoms with E-state index >= 15 is 0 Å². The Morgan fingerprint density at radius 1 is 1.54 bits per heavy atom. The van der Waals surface area contributed by atoms with Gasteiger partial charge in [-0.05, 0) is 18.8 Å². The number of hydrogen-bond donors (Lipinski definition) is 3. The molecule has 0 spiro atoms. The minimum Gasteiger partial charge on any atom is -0.396 e. The second-order valence-electron chi connectivity index (χ2n) is 3.87. The van der Waals surface area contributed by atoms with Crippen LogP contribution in [0.25, 0.3) is 0 Å². The zero-order valence-corrected chi connectivity index (χ0v) is 8.80. The van der Waals surface area contributed by atoms with Crippen LogP contribution in [0.4, 0.5) is 0 Å². The Labute approximate surface area is 80.2 Å². The van der Waals surface area contributed by atoms with Gasteiger partial charge in [0.05, 0.1) is 0 Å². The van der Waals surface area contributed by atoms with Crippen LogP contribution >= 0.6 is 0 Å². The van der Waals surface area contributed by atoms with E-state index in [9.17, 15) is 0 Å². The number of nitrogens with zero attached hydrogens (tertiary/aromatic N) is 1. The molecule has 78 valence electrons. The van der Waals surface area contributed by atoms with Gasteiger partial charge in [0, 0.05) is 19.7 Å². The van der Waals surface area contributed by atoms with Crippen molar-refractivity contribution in [3.63, 3.8) is 0 Å². The van der Waals surface area contributed by atoms with E-state index in [0.29, 0.717) is 12.5 Å². The van der Waals surface area contributed by atoms with Gasteiger partial charge in [0.15, 0.2) is 5.96 Å². The maximum atomic E-state index is 8.78. The molecule has 0 bridgehead atoms. The third kappa shape index (κ3) is 6.40. The minimum atomic E-state index is 0.0226. The van der Waals surface area contributed by atoms with E-state index in [1.807, 2.05) is 6.92 Å². The summed E-state index contributed by atoms with van der Waals surface area (Å²) in [6.07, 6.45) is 0.746. The van der Waals surface area contributed by atoms with Gasteiger partial charge in [0.25, 0.3) is 0 Å². The molecule has 0 fully saturated rings. The van der Waals surface area contributed by atoms with E-state index in [2.05, 4.69) is 24.2 Å². The van der Waals surface area contributed by atoms with Crippen molar-refractivity contribution in [1.29, 1.82) is 0 Å². The molecule has 0 heterocycles. The summed E-state index contributed by atoms with van der Waals surface area (Å²) in [5.41, 5.74) is 5.59. The number of guanidine groups is 1. The largest absolute Gasteiger partial charge is 0.396 e. The first-order chi connectivity index (χ1) is 6.02. The first-order valence-electron chi connectivity index (χ1n) is 4.66. The normalized spacial score (nSPS) is 13.1. The number of aliphatic hydroxyl groups excluding tert-OH is 1. The van der Waals surface area contributed by atoms with Crippen molar-refractivity contribution in [3.05, 3.63) is 0 Å². The number of aliphatic hydroxyl groups is 1. The smallest absolute Gasteiger partial charge is 0.188 e. The van der Waals surface area contributed by atoms with Gasteiger partial charge in [-0.3, -0.25) is 4.99 Å². The summed E-state index contributed by atoms with van der Waals surface area (Å²) in [5.74, 6) is 0.480. The van der Waals surface area contributed by atoms with Gasteiger partial charge in [-0.1, -0.05) is 13.8 Å². The molecule has 0 aromatic carbocycles. The van der Waals surface area contributed by atoms with Gasteiger partial charge in [-0.2, -0.15) is 0 Å². The number of nitrogens with one attached hydrogen (secondary N) is 1. The second-order valence-corrected chi connectivity index (χ2v) is 3.87. The Hall–Kier alpha value is -0.770. The molecule has 0 aliphatic heterocycles. The lowest BCUT2D eigenvalue weighted by molar-refractivity contribution is 0.217. The molecule has 4 heteroatoms. The van der Waals surface area contributed by atoms with Crippen molar-refractivity contribution in [1.82, 2.24) is 5.32 Å². The topological polar surface area (TPSA) is 70.6 Å². The van der Waals surface area contributed by atoms with E-state index in [4.69, 9.17) is 10.8 Å². The molecular formula is C9H21N3O. The fourth-order valence-electron chi connectivity index (χ4n) is 0.918. The monoisotopic (exact) mass is 187 g/mol. The first kappa shape index (κ1) is 12.2. The highest BCUT2D eigenvalue weighted by Gasteiger charge is 2.16. The number of hydrogen-bond acceptors (Lipinski definition) is 2. The molecule has 0 rings (SSSR count). The predicted octanol–water partition coefficient (Wildman–Crippen LogP) is 0.319. The second kappa shape index (κ2) is 5.80. The molecule has 0 saturated heterocycles. The van der Waals surface area contributed by atoms with Crippen LogP contribution in [0.5, 0.6) is 0 Å². The Morgan fingerprint density at radius 3 is 2.62 bits per heavy atom. The fourth-order valence-corrected chi connectivity index (χ4v) is 0.918. The third-order valence-corrected chi connectivity index (χ3v) is 1.82. The highest BCUT2D eigenvalue weighted by Crippen LogP contribution is 2.19. The van der Waals surface area contributed by atoms with Crippen LogP contribution in [0, 0.1) is 5.41 Å². The average molecular weight is 187 g/mol. The van der Waals surface area contributed by atoms with Crippen molar-refractivity contribution < 1.29 is 5.11 Å². The van der Waals surface area contributed by atoms with Crippen molar-refractivity contribution in [2.24, 2.45) is 16.1 Å². The molecule has 0 atom stereocenters. The summed E-state index contributed by atoms with van der Waals surface area (Å²) < 4.78 is 0. The zero-order chi connectivity index (χ0) is 10.3. The van der Waals surface area contributed by atoms with Gasteiger partial charge in [-0.25, -0.2) is 0 Å². The SMILES string of the molecule is CCNC(N)=NCC(C)(C)CCO. The van der Waals surface area contributed by atoms with E-state index < -0.39 is 0 Å². The number of aliphatic imine (C=N–C) groups is 1. The summed E-state index contributed by atoms with van der Waals surface area (Å²) in [5, 5.41) is 11.7. The summed E-state index contributed by atoms with van der Waals surface area (Å²) in [4.78, 5) is 4.18. The van der Waals surface area contributed by atoms with Gasteiger partial charge in [0.1, 0.15) is 0 Å². The quantitative estimate of drug-likeness (QED) is 0.429. The van der Waals surface area contributed by atoms with Crippen molar-refractivity contribution >= 4 is 5.96 Å². The fraction of sp³-hybridized carbons (Fsp3) is 0.889. The van der Waals surface area contributed by atoms with E-state index in [1.165, 1.54) is 0 Å². The van der Waals surface area contributed by atoms with Crippen LogP contribution in [0.1, 0.15) is 27.2 Å². The lowest BCUT2D eigenvalue weighted by Gasteiger charge is -2.20. The van der Waals surface area contributed by atoms with Crippen LogP contribution in [0.15, 0.2) is 4.99 Å². The maximum absolute atomic E-state index is 8.78. The summed E-state index contributed by atoms with van der Waals surface area (Å²) in [6.45, 7) is 7.73. The minimum absolute atomic E-state index is 0.0226. The molecular weight excluding hydrogens is 166 g/mol. The Kier molecular flexibility index (Phi) is 5.46. The van der Waals surface area contributed by atoms with Gasteiger partial charge in [-0.15, -0.1) is 0 Å².